The van der Waals surface area contributed by atoms with Crippen molar-refractivity contribution in [1.29, 1.82) is 0 Å². The van der Waals surface area contributed by atoms with Gasteiger partial charge >= 0.3 is 0 Å². The Hall–Kier alpha value is -2.47. The van der Waals surface area contributed by atoms with Crippen LogP contribution in [-0.4, -0.2) is 40.4 Å². The molecule has 1 aliphatic rings. The summed E-state index contributed by atoms with van der Waals surface area (Å²) in [7, 11) is 0. The zero-order valence-electron chi connectivity index (χ0n) is 13.9. The Morgan fingerprint density at radius 1 is 1.25 bits per heavy atom. The number of nitrogens with one attached hydrogen (secondary N) is 1. The number of carbonyl (C=O) groups excluding carboxylic acids is 1. The number of amides is 1. The van der Waals surface area contributed by atoms with Gasteiger partial charge in [-0.3, -0.25) is 9.69 Å². The molecule has 6 nitrogen and oxygen atoms in total. The van der Waals surface area contributed by atoms with E-state index >= 15 is 0 Å². The second-order valence-electron chi connectivity index (χ2n) is 6.28. The maximum Gasteiger partial charge on any atom is 0.231 e. The van der Waals surface area contributed by atoms with Crippen LogP contribution in [0.15, 0.2) is 36.4 Å². The average molecular weight is 325 g/mol. The van der Waals surface area contributed by atoms with Gasteiger partial charge in [-0.2, -0.15) is 0 Å². The highest BCUT2D eigenvalue weighted by Crippen LogP contribution is 2.26. The Labute approximate surface area is 142 Å². The number of nitrogens with two attached hydrogens (primary N) is 1. The molecule has 0 radical (unpaired) electrons. The first-order valence-corrected chi connectivity index (χ1v) is 8.28. The van der Waals surface area contributed by atoms with E-state index in [4.69, 9.17) is 10.7 Å². The Morgan fingerprint density at radius 3 is 2.75 bits per heavy atom. The number of aryl methyl sites for hydroxylation is 1. The third-order valence-corrected chi connectivity index (χ3v) is 4.22. The van der Waals surface area contributed by atoms with E-state index in [2.05, 4.69) is 15.2 Å². The fraction of sp³-hybridized carbons (Fsp3) is 0.389. The van der Waals surface area contributed by atoms with Crippen LogP contribution in [-0.2, 0) is 4.79 Å². The first-order valence-electron chi connectivity index (χ1n) is 8.28. The highest BCUT2D eigenvalue weighted by Gasteiger charge is 2.23. The average Bonchev–Trinajstić information content (AvgIpc) is 2.55. The van der Waals surface area contributed by atoms with Crippen LogP contribution in [0.4, 0.5) is 11.6 Å². The van der Waals surface area contributed by atoms with Gasteiger partial charge in [0.2, 0.25) is 5.91 Å². The van der Waals surface area contributed by atoms with Crippen molar-refractivity contribution in [2.45, 2.75) is 25.7 Å². The molecule has 0 aromatic carbocycles. The van der Waals surface area contributed by atoms with Gasteiger partial charge in [0, 0.05) is 23.9 Å². The predicted molar refractivity (Wildman–Crippen MR) is 94.1 cm³/mol. The second kappa shape index (κ2) is 7.40. The Morgan fingerprint density at radius 2 is 2.00 bits per heavy atom. The van der Waals surface area contributed by atoms with Crippen molar-refractivity contribution in [2.75, 3.05) is 25.0 Å². The summed E-state index contributed by atoms with van der Waals surface area (Å²) < 4.78 is 0. The molecule has 0 spiro atoms. The lowest BCUT2D eigenvalue weighted by Gasteiger charge is -2.31. The predicted octanol–water partition coefficient (Wildman–Crippen LogP) is 2.19. The fourth-order valence-electron chi connectivity index (χ4n) is 3.15. The number of piperidine rings is 1. The van der Waals surface area contributed by atoms with Gasteiger partial charge in [-0.1, -0.05) is 12.1 Å². The Bertz CT molecular complexity index is 718. The van der Waals surface area contributed by atoms with Crippen LogP contribution in [0, 0.1) is 6.92 Å². The molecule has 1 amide bonds. The minimum absolute atomic E-state index is 0.274. The van der Waals surface area contributed by atoms with Crippen molar-refractivity contribution < 1.29 is 4.79 Å². The van der Waals surface area contributed by atoms with Crippen LogP contribution in [0.3, 0.4) is 0 Å². The number of anilines is 2. The van der Waals surface area contributed by atoms with Gasteiger partial charge < -0.3 is 11.1 Å². The van der Waals surface area contributed by atoms with Gasteiger partial charge in [0.25, 0.3) is 0 Å². The highest BCUT2D eigenvalue weighted by atomic mass is 16.1. The van der Waals surface area contributed by atoms with Crippen molar-refractivity contribution in [3.63, 3.8) is 0 Å². The third-order valence-electron chi connectivity index (χ3n) is 4.22. The van der Waals surface area contributed by atoms with Crippen LogP contribution in [0.5, 0.6) is 0 Å². The van der Waals surface area contributed by atoms with Gasteiger partial charge in [0.1, 0.15) is 11.6 Å². The standard InChI is InChI=1S/C18H23N5O/c1-13-5-2-8-17(20-13)22-18-9-3-7-15(21-18)14-6-4-10-23(11-14)12-16(19)24/h2-3,5,7-9,14H,4,6,10-12H2,1H3,(H2,19,24)(H,20,21,22)/t14-/m1/s1. The summed E-state index contributed by atoms with van der Waals surface area (Å²) in [5.74, 6) is 1.63. The molecule has 3 N–H and O–H groups in total. The number of rotatable bonds is 5. The first-order chi connectivity index (χ1) is 11.6. The Kier molecular flexibility index (Phi) is 5.05. The summed E-state index contributed by atoms with van der Waals surface area (Å²) in [4.78, 5) is 22.4. The summed E-state index contributed by atoms with van der Waals surface area (Å²) >= 11 is 0. The van der Waals surface area contributed by atoms with Crippen molar-refractivity contribution in [1.82, 2.24) is 14.9 Å². The molecule has 0 aliphatic carbocycles. The van der Waals surface area contributed by atoms with Crippen molar-refractivity contribution >= 4 is 17.5 Å². The maximum absolute atomic E-state index is 11.1. The monoisotopic (exact) mass is 325 g/mol. The minimum atomic E-state index is -0.274. The van der Waals surface area contributed by atoms with Crippen molar-refractivity contribution in [2.24, 2.45) is 5.73 Å². The number of hydrogen-bond donors (Lipinski definition) is 2. The van der Waals surface area contributed by atoms with E-state index in [0.717, 1.165) is 49.0 Å². The van der Waals surface area contributed by atoms with Gasteiger partial charge in [-0.05, 0) is 50.6 Å². The van der Waals surface area contributed by atoms with Crippen LogP contribution in [0.25, 0.3) is 0 Å². The van der Waals surface area contributed by atoms with E-state index in [1.807, 2.05) is 43.3 Å². The van der Waals surface area contributed by atoms with E-state index in [0.29, 0.717) is 12.5 Å². The molecule has 2 aromatic rings. The molecule has 1 atom stereocenters. The van der Waals surface area contributed by atoms with Crippen LogP contribution in [0.2, 0.25) is 0 Å². The van der Waals surface area contributed by atoms with E-state index in [1.165, 1.54) is 0 Å². The van der Waals surface area contributed by atoms with Gasteiger partial charge in [0.15, 0.2) is 0 Å². The maximum atomic E-state index is 11.1. The summed E-state index contributed by atoms with van der Waals surface area (Å²) in [5, 5.41) is 3.26. The van der Waals surface area contributed by atoms with Crippen LogP contribution >= 0.6 is 0 Å². The number of aromatic nitrogens is 2. The van der Waals surface area contributed by atoms with Crippen molar-refractivity contribution in [3.05, 3.63) is 47.8 Å². The van der Waals surface area contributed by atoms with Gasteiger partial charge in [-0.15, -0.1) is 0 Å². The molecule has 0 saturated carbocycles. The second-order valence-corrected chi connectivity index (χ2v) is 6.28. The number of likely N-dealkylation sites (tertiary alicyclic amines) is 1. The first kappa shape index (κ1) is 16.4. The molecule has 3 rings (SSSR count). The summed E-state index contributed by atoms with van der Waals surface area (Å²) in [6.45, 7) is 4.03. The molecule has 0 unspecified atom stereocenters. The quantitative estimate of drug-likeness (QED) is 0.880. The molecule has 6 heteroatoms. The lowest BCUT2D eigenvalue weighted by atomic mass is 9.94. The molecule has 1 fully saturated rings. The molecule has 2 aromatic heterocycles. The lowest BCUT2D eigenvalue weighted by molar-refractivity contribution is -0.119. The molecular formula is C18H23N5O. The SMILES string of the molecule is Cc1cccc(Nc2cccc([C@@H]3CCCN(CC(N)=O)C3)n2)n1. The molecule has 1 aliphatic heterocycles. The van der Waals surface area contributed by atoms with Crippen LogP contribution in [0.1, 0.15) is 30.1 Å². The number of hydrogen-bond acceptors (Lipinski definition) is 5. The lowest BCUT2D eigenvalue weighted by Crippen LogP contribution is -2.40. The fourth-order valence-corrected chi connectivity index (χ4v) is 3.15. The molecule has 1 saturated heterocycles. The molecule has 3 heterocycles. The highest BCUT2D eigenvalue weighted by molar-refractivity contribution is 5.75. The summed E-state index contributed by atoms with van der Waals surface area (Å²) in [5.41, 5.74) is 7.32. The normalized spacial score (nSPS) is 18.3. The van der Waals surface area contributed by atoms with Gasteiger partial charge in [0.05, 0.1) is 6.54 Å². The van der Waals surface area contributed by atoms with Gasteiger partial charge in [-0.25, -0.2) is 9.97 Å². The molecule has 24 heavy (non-hydrogen) atoms. The zero-order valence-corrected chi connectivity index (χ0v) is 13.9. The molecule has 126 valence electrons. The summed E-state index contributed by atoms with van der Waals surface area (Å²) in [6.07, 6.45) is 2.13. The smallest absolute Gasteiger partial charge is 0.231 e. The van der Waals surface area contributed by atoms with E-state index < -0.39 is 0 Å². The zero-order chi connectivity index (χ0) is 16.9. The summed E-state index contributed by atoms with van der Waals surface area (Å²) in [6, 6.07) is 11.9. The van der Waals surface area contributed by atoms with E-state index in [9.17, 15) is 4.79 Å². The minimum Gasteiger partial charge on any atom is -0.369 e. The number of pyridine rings is 2. The topological polar surface area (TPSA) is 84.1 Å². The number of primary amides is 1. The largest absolute Gasteiger partial charge is 0.369 e. The van der Waals surface area contributed by atoms with Crippen molar-refractivity contribution in [3.8, 4) is 0 Å². The van der Waals surface area contributed by atoms with E-state index in [1.54, 1.807) is 0 Å². The Balaban J connectivity index is 1.71. The van der Waals surface area contributed by atoms with Crippen LogP contribution < -0.4 is 11.1 Å². The molecule has 0 bridgehead atoms. The third kappa shape index (κ3) is 4.29. The number of carbonyl (C=O) groups is 1. The van der Waals surface area contributed by atoms with E-state index in [-0.39, 0.29) is 5.91 Å². The number of nitrogens with zero attached hydrogens (tertiary/aromatic N) is 3. The molecular weight excluding hydrogens is 302 g/mol.